The van der Waals surface area contributed by atoms with Gasteiger partial charge >= 0.3 is 0 Å². The summed E-state index contributed by atoms with van der Waals surface area (Å²) in [4.78, 5) is 0. The van der Waals surface area contributed by atoms with Crippen molar-refractivity contribution in [1.29, 1.82) is 0 Å². The molecule has 0 bridgehead atoms. The van der Waals surface area contributed by atoms with Gasteiger partial charge in [0.25, 0.3) is 0 Å². The Hall–Kier alpha value is 0.177. The monoisotopic (exact) mass is 256 g/mol. The van der Waals surface area contributed by atoms with Crippen LogP contribution in [0.4, 0.5) is 0 Å². The van der Waals surface area contributed by atoms with Crippen LogP contribution in [-0.2, 0) is 4.43 Å². The van der Waals surface area contributed by atoms with Gasteiger partial charge in [0.05, 0.1) is 0 Å². The highest BCUT2D eigenvalue weighted by molar-refractivity contribution is 6.74. The van der Waals surface area contributed by atoms with Crippen LogP contribution < -0.4 is 0 Å². The molecule has 0 aromatic carbocycles. The maximum atomic E-state index is 6.42. The molecule has 102 valence electrons. The summed E-state index contributed by atoms with van der Waals surface area (Å²) in [6.07, 6.45) is 11.8. The van der Waals surface area contributed by atoms with E-state index in [-0.39, 0.29) is 0 Å². The fourth-order valence-corrected chi connectivity index (χ4v) is 7.96. The maximum Gasteiger partial charge on any atom is 0.193 e. The molecule has 0 aromatic heterocycles. The van der Waals surface area contributed by atoms with Crippen molar-refractivity contribution < 1.29 is 4.43 Å². The van der Waals surface area contributed by atoms with E-state index in [9.17, 15) is 0 Å². The minimum absolute atomic E-state index is 0.454. The predicted molar refractivity (Wildman–Crippen MR) is 79.0 cm³/mol. The summed E-state index contributed by atoms with van der Waals surface area (Å²) < 4.78 is 6.42. The molecule has 0 aromatic rings. The fraction of sp³-hybridized carbons (Fsp3) is 1.00. The van der Waals surface area contributed by atoms with Crippen molar-refractivity contribution >= 4 is 8.32 Å². The van der Waals surface area contributed by atoms with E-state index in [1.54, 1.807) is 0 Å². The van der Waals surface area contributed by atoms with E-state index in [1.165, 1.54) is 69.5 Å². The second-order valence-electron chi connectivity index (χ2n) is 6.07. The van der Waals surface area contributed by atoms with Crippen molar-refractivity contribution in [3.05, 3.63) is 0 Å². The summed E-state index contributed by atoms with van der Waals surface area (Å²) in [5, 5.41) is 0. The van der Waals surface area contributed by atoms with E-state index < -0.39 is 8.32 Å². The third-order valence-electron chi connectivity index (χ3n) is 3.99. The SMILES string of the molecule is CCCCCCC[Si]1(OC(C)C)CCCCC1. The van der Waals surface area contributed by atoms with E-state index >= 15 is 0 Å². The summed E-state index contributed by atoms with van der Waals surface area (Å²) in [6, 6.07) is 4.33. The molecule has 1 rings (SSSR count). The van der Waals surface area contributed by atoms with Gasteiger partial charge in [-0.15, -0.1) is 0 Å². The van der Waals surface area contributed by atoms with E-state index in [0.717, 1.165) is 0 Å². The molecule has 1 aliphatic rings. The highest BCUT2D eigenvalue weighted by Gasteiger charge is 2.36. The van der Waals surface area contributed by atoms with E-state index in [2.05, 4.69) is 20.8 Å². The average Bonchev–Trinajstić information content (AvgIpc) is 2.29. The first kappa shape index (κ1) is 15.2. The van der Waals surface area contributed by atoms with Crippen LogP contribution in [0.25, 0.3) is 0 Å². The first-order valence-corrected chi connectivity index (χ1v) is 10.4. The molecular formula is C15H32OSi. The Bertz CT molecular complexity index is 185. The van der Waals surface area contributed by atoms with Crippen LogP contribution in [0.5, 0.6) is 0 Å². The standard InChI is InChI=1S/C15H32OSi/c1-4-5-6-7-9-12-17(16-15(2)3)13-10-8-11-14-17/h15H,4-14H2,1-3H3. The van der Waals surface area contributed by atoms with Gasteiger partial charge in [0, 0.05) is 6.10 Å². The molecule has 1 heterocycles. The molecular weight excluding hydrogens is 224 g/mol. The van der Waals surface area contributed by atoms with Gasteiger partial charge in [-0.3, -0.25) is 0 Å². The Morgan fingerprint density at radius 3 is 2.18 bits per heavy atom. The second kappa shape index (κ2) is 8.31. The van der Waals surface area contributed by atoms with Crippen molar-refractivity contribution in [2.24, 2.45) is 0 Å². The zero-order valence-corrected chi connectivity index (χ0v) is 13.3. The Kier molecular flexibility index (Phi) is 7.45. The van der Waals surface area contributed by atoms with Crippen molar-refractivity contribution in [3.63, 3.8) is 0 Å². The Morgan fingerprint density at radius 1 is 0.941 bits per heavy atom. The molecule has 2 heteroatoms. The predicted octanol–water partition coefficient (Wildman–Crippen LogP) is 5.51. The smallest absolute Gasteiger partial charge is 0.193 e. The lowest BCUT2D eigenvalue weighted by molar-refractivity contribution is 0.218. The van der Waals surface area contributed by atoms with Gasteiger partial charge in [0.1, 0.15) is 0 Å². The van der Waals surface area contributed by atoms with Crippen LogP contribution in [-0.4, -0.2) is 14.4 Å². The molecule has 0 aliphatic carbocycles. The molecule has 1 saturated heterocycles. The molecule has 1 fully saturated rings. The molecule has 1 aliphatic heterocycles. The van der Waals surface area contributed by atoms with Crippen LogP contribution in [0.3, 0.4) is 0 Å². The maximum absolute atomic E-state index is 6.42. The molecule has 1 nitrogen and oxygen atoms in total. The minimum atomic E-state index is -1.31. The number of hydrogen-bond donors (Lipinski definition) is 0. The number of unbranched alkanes of at least 4 members (excludes halogenated alkanes) is 4. The first-order chi connectivity index (χ1) is 8.18. The van der Waals surface area contributed by atoms with Gasteiger partial charge in [-0.2, -0.15) is 0 Å². The Balaban J connectivity index is 2.30. The zero-order chi connectivity index (χ0) is 12.6. The summed E-state index contributed by atoms with van der Waals surface area (Å²) in [7, 11) is -1.31. The summed E-state index contributed by atoms with van der Waals surface area (Å²) >= 11 is 0. The molecule has 0 radical (unpaired) electrons. The topological polar surface area (TPSA) is 9.23 Å². The van der Waals surface area contributed by atoms with E-state index in [1.807, 2.05) is 0 Å². The quantitative estimate of drug-likeness (QED) is 0.411. The van der Waals surface area contributed by atoms with Crippen LogP contribution in [0.1, 0.15) is 72.1 Å². The van der Waals surface area contributed by atoms with Gasteiger partial charge < -0.3 is 4.43 Å². The molecule has 0 spiro atoms. The number of rotatable bonds is 8. The van der Waals surface area contributed by atoms with Gasteiger partial charge in [-0.25, -0.2) is 0 Å². The van der Waals surface area contributed by atoms with Gasteiger partial charge in [0.2, 0.25) is 0 Å². The summed E-state index contributed by atoms with van der Waals surface area (Å²) in [6.45, 7) is 6.74. The van der Waals surface area contributed by atoms with Gasteiger partial charge in [-0.1, -0.05) is 58.3 Å². The third-order valence-corrected chi connectivity index (χ3v) is 8.75. The lowest BCUT2D eigenvalue weighted by Crippen LogP contribution is -2.42. The van der Waals surface area contributed by atoms with Crippen LogP contribution >= 0.6 is 0 Å². The lowest BCUT2D eigenvalue weighted by atomic mass is 10.2. The van der Waals surface area contributed by atoms with Gasteiger partial charge in [-0.05, 0) is 32.0 Å². The lowest BCUT2D eigenvalue weighted by Gasteiger charge is -2.36. The van der Waals surface area contributed by atoms with Crippen molar-refractivity contribution in [3.8, 4) is 0 Å². The second-order valence-corrected chi connectivity index (χ2v) is 10.2. The van der Waals surface area contributed by atoms with Crippen molar-refractivity contribution in [1.82, 2.24) is 0 Å². The number of hydrogen-bond acceptors (Lipinski definition) is 1. The van der Waals surface area contributed by atoms with Crippen LogP contribution in [0.15, 0.2) is 0 Å². The Morgan fingerprint density at radius 2 is 1.59 bits per heavy atom. The molecule has 0 unspecified atom stereocenters. The highest BCUT2D eigenvalue weighted by Crippen LogP contribution is 2.35. The van der Waals surface area contributed by atoms with Crippen molar-refractivity contribution in [2.75, 3.05) is 0 Å². The normalized spacial score (nSPS) is 19.8. The summed E-state index contributed by atoms with van der Waals surface area (Å²) in [5.74, 6) is 0. The zero-order valence-electron chi connectivity index (χ0n) is 12.3. The fourth-order valence-electron chi connectivity index (χ4n) is 3.17. The summed E-state index contributed by atoms with van der Waals surface area (Å²) in [5.41, 5.74) is 0. The van der Waals surface area contributed by atoms with Crippen molar-refractivity contribution in [2.45, 2.75) is 96.4 Å². The van der Waals surface area contributed by atoms with E-state index in [0.29, 0.717) is 6.10 Å². The first-order valence-electron chi connectivity index (χ1n) is 7.86. The molecule has 0 N–H and O–H groups in total. The molecule has 17 heavy (non-hydrogen) atoms. The molecule has 0 atom stereocenters. The molecule has 0 amide bonds. The third kappa shape index (κ3) is 6.05. The average molecular weight is 257 g/mol. The Labute approximate surface area is 109 Å². The largest absolute Gasteiger partial charge is 0.414 e. The molecule has 0 saturated carbocycles. The minimum Gasteiger partial charge on any atom is -0.414 e. The highest BCUT2D eigenvalue weighted by atomic mass is 28.4. The van der Waals surface area contributed by atoms with Crippen LogP contribution in [0.2, 0.25) is 18.1 Å². The van der Waals surface area contributed by atoms with Gasteiger partial charge in [0.15, 0.2) is 8.32 Å². The van der Waals surface area contributed by atoms with Crippen LogP contribution in [0, 0.1) is 0 Å². The van der Waals surface area contributed by atoms with E-state index in [4.69, 9.17) is 4.43 Å².